The van der Waals surface area contributed by atoms with Crippen LogP contribution in [0.15, 0.2) is 18.2 Å². The minimum atomic E-state index is 0.242. The Hall–Kier alpha value is -1.30. The van der Waals surface area contributed by atoms with E-state index < -0.39 is 0 Å². The van der Waals surface area contributed by atoms with Crippen LogP contribution in [0.3, 0.4) is 0 Å². The van der Waals surface area contributed by atoms with Crippen LogP contribution in [0.2, 0.25) is 0 Å². The molecular formula is C16H26N2O3. The number of benzene rings is 1. The molecule has 5 nitrogen and oxygen atoms in total. The molecule has 21 heavy (non-hydrogen) atoms. The molecule has 1 saturated heterocycles. The van der Waals surface area contributed by atoms with Crippen molar-refractivity contribution in [1.82, 2.24) is 9.80 Å². The van der Waals surface area contributed by atoms with Crippen molar-refractivity contribution >= 4 is 0 Å². The number of phenolic OH excluding ortho intramolecular Hbond substituents is 1. The molecule has 1 aliphatic rings. The maximum Gasteiger partial charge on any atom is 0.162 e. The minimum absolute atomic E-state index is 0.242. The summed E-state index contributed by atoms with van der Waals surface area (Å²) in [4.78, 5) is 4.68. The lowest BCUT2D eigenvalue weighted by molar-refractivity contribution is 0.0137. The Bertz CT molecular complexity index is 447. The van der Waals surface area contributed by atoms with Crippen LogP contribution in [-0.4, -0.2) is 68.0 Å². The van der Waals surface area contributed by atoms with E-state index in [1.807, 2.05) is 12.1 Å². The van der Waals surface area contributed by atoms with Gasteiger partial charge in [-0.1, -0.05) is 12.1 Å². The van der Waals surface area contributed by atoms with Gasteiger partial charge in [-0.15, -0.1) is 0 Å². The molecule has 1 aromatic carbocycles. The number of morpholine rings is 1. The van der Waals surface area contributed by atoms with Crippen molar-refractivity contribution in [3.63, 3.8) is 0 Å². The van der Waals surface area contributed by atoms with Crippen molar-refractivity contribution in [2.24, 2.45) is 0 Å². The molecule has 0 unspecified atom stereocenters. The molecule has 0 bridgehead atoms. The molecule has 2 rings (SSSR count). The van der Waals surface area contributed by atoms with Crippen LogP contribution in [0.4, 0.5) is 0 Å². The van der Waals surface area contributed by atoms with Crippen LogP contribution < -0.4 is 4.74 Å². The van der Waals surface area contributed by atoms with Gasteiger partial charge in [-0.25, -0.2) is 0 Å². The van der Waals surface area contributed by atoms with Crippen LogP contribution in [0.1, 0.15) is 12.5 Å². The van der Waals surface area contributed by atoms with E-state index >= 15 is 0 Å². The highest BCUT2D eigenvalue weighted by molar-refractivity contribution is 5.45. The van der Waals surface area contributed by atoms with Crippen molar-refractivity contribution in [3.8, 4) is 11.5 Å². The number of phenols is 1. The molecule has 118 valence electrons. The van der Waals surface area contributed by atoms with E-state index in [4.69, 9.17) is 9.47 Å². The lowest BCUT2D eigenvalue weighted by atomic mass is 10.1. The van der Waals surface area contributed by atoms with Gasteiger partial charge >= 0.3 is 0 Å². The van der Waals surface area contributed by atoms with Gasteiger partial charge in [0.05, 0.1) is 20.3 Å². The molecule has 1 aliphatic heterocycles. The molecule has 0 radical (unpaired) electrons. The summed E-state index contributed by atoms with van der Waals surface area (Å²) in [6, 6.07) is 6.10. The Morgan fingerprint density at radius 2 is 2.10 bits per heavy atom. The van der Waals surface area contributed by atoms with Gasteiger partial charge in [0.25, 0.3) is 0 Å². The second-order valence-corrected chi connectivity index (χ2v) is 5.66. The highest BCUT2D eigenvalue weighted by atomic mass is 16.5. The van der Waals surface area contributed by atoms with E-state index in [9.17, 15) is 5.11 Å². The monoisotopic (exact) mass is 294 g/mol. The molecule has 5 heteroatoms. The third-order valence-electron chi connectivity index (χ3n) is 3.99. The topological polar surface area (TPSA) is 45.2 Å². The van der Waals surface area contributed by atoms with Gasteiger partial charge in [0, 0.05) is 37.8 Å². The second kappa shape index (κ2) is 7.64. The quantitative estimate of drug-likeness (QED) is 0.862. The lowest BCUT2D eigenvalue weighted by Crippen LogP contribution is -2.46. The molecule has 1 atom stereocenters. The zero-order chi connectivity index (χ0) is 15.2. The number of nitrogens with zero attached hydrogens (tertiary/aromatic N) is 2. The number of rotatable bonds is 6. The summed E-state index contributed by atoms with van der Waals surface area (Å²) in [5.41, 5.74) is 0.894. The van der Waals surface area contributed by atoms with Crippen LogP contribution >= 0.6 is 0 Å². The fourth-order valence-electron chi connectivity index (χ4n) is 2.80. The van der Waals surface area contributed by atoms with Gasteiger partial charge in [0.15, 0.2) is 11.5 Å². The second-order valence-electron chi connectivity index (χ2n) is 5.66. The number of hydrogen-bond donors (Lipinski definition) is 1. The van der Waals surface area contributed by atoms with Crippen molar-refractivity contribution in [1.29, 1.82) is 0 Å². The molecule has 1 heterocycles. The maximum atomic E-state index is 10.1. The van der Waals surface area contributed by atoms with Gasteiger partial charge in [-0.2, -0.15) is 0 Å². The van der Waals surface area contributed by atoms with E-state index in [0.717, 1.165) is 38.4 Å². The Balaban J connectivity index is 1.90. The Morgan fingerprint density at radius 1 is 1.38 bits per heavy atom. The van der Waals surface area contributed by atoms with Gasteiger partial charge in [0.2, 0.25) is 0 Å². The molecule has 0 spiro atoms. The van der Waals surface area contributed by atoms with Gasteiger partial charge < -0.3 is 19.5 Å². The highest BCUT2D eigenvalue weighted by Gasteiger charge is 2.19. The Labute approximate surface area is 127 Å². The predicted octanol–water partition coefficient (Wildman–Crippen LogP) is 1.55. The fourth-order valence-corrected chi connectivity index (χ4v) is 2.80. The number of para-hydroxylation sites is 1. The number of aromatic hydroxyl groups is 1. The zero-order valence-electron chi connectivity index (χ0n) is 13.2. The van der Waals surface area contributed by atoms with E-state index in [-0.39, 0.29) is 5.75 Å². The summed E-state index contributed by atoms with van der Waals surface area (Å²) >= 11 is 0. The summed E-state index contributed by atoms with van der Waals surface area (Å²) in [5.74, 6) is 0.771. The summed E-state index contributed by atoms with van der Waals surface area (Å²) in [5, 5.41) is 10.1. The average Bonchev–Trinajstić information content (AvgIpc) is 2.50. The van der Waals surface area contributed by atoms with Crippen LogP contribution in [0.5, 0.6) is 11.5 Å². The summed E-state index contributed by atoms with van der Waals surface area (Å²) in [6.07, 6.45) is 0. The third kappa shape index (κ3) is 4.33. The Morgan fingerprint density at radius 3 is 2.76 bits per heavy atom. The van der Waals surface area contributed by atoms with Crippen LogP contribution in [0.25, 0.3) is 0 Å². The first-order chi connectivity index (χ1) is 10.1. The van der Waals surface area contributed by atoms with Crippen molar-refractivity contribution in [3.05, 3.63) is 23.8 Å². The normalized spacial score (nSPS) is 17.9. The van der Waals surface area contributed by atoms with Crippen LogP contribution in [-0.2, 0) is 11.3 Å². The first kappa shape index (κ1) is 16.1. The summed E-state index contributed by atoms with van der Waals surface area (Å²) < 4.78 is 10.5. The van der Waals surface area contributed by atoms with Gasteiger partial charge in [-0.05, 0) is 20.0 Å². The van der Waals surface area contributed by atoms with Crippen LogP contribution in [0, 0.1) is 0 Å². The molecule has 0 aliphatic carbocycles. The first-order valence-electron chi connectivity index (χ1n) is 7.47. The standard InChI is InChI=1S/C16H26N2O3/c1-13(18-7-9-21-10-8-18)11-17(2)12-14-5-4-6-15(20-3)16(14)19/h4-6,13,19H,7-12H2,1-3H3/t13-/m0/s1. The lowest BCUT2D eigenvalue weighted by Gasteiger charge is -2.34. The summed E-state index contributed by atoms with van der Waals surface area (Å²) in [6.45, 7) is 7.55. The number of hydrogen-bond acceptors (Lipinski definition) is 5. The molecule has 1 aromatic rings. The van der Waals surface area contributed by atoms with E-state index in [0.29, 0.717) is 18.3 Å². The number of ether oxygens (including phenoxy) is 2. The fraction of sp³-hybridized carbons (Fsp3) is 0.625. The average molecular weight is 294 g/mol. The molecule has 0 saturated carbocycles. The first-order valence-corrected chi connectivity index (χ1v) is 7.47. The summed E-state index contributed by atoms with van der Waals surface area (Å²) in [7, 11) is 3.65. The van der Waals surface area contributed by atoms with Crippen molar-refractivity contribution in [2.45, 2.75) is 19.5 Å². The van der Waals surface area contributed by atoms with E-state index in [1.54, 1.807) is 13.2 Å². The largest absolute Gasteiger partial charge is 0.504 e. The molecule has 1 N–H and O–H groups in total. The minimum Gasteiger partial charge on any atom is -0.504 e. The number of methoxy groups -OCH3 is 1. The molecular weight excluding hydrogens is 268 g/mol. The highest BCUT2D eigenvalue weighted by Crippen LogP contribution is 2.30. The zero-order valence-corrected chi connectivity index (χ0v) is 13.2. The number of likely N-dealkylation sites (N-methyl/N-ethyl adjacent to an activating group) is 1. The van der Waals surface area contributed by atoms with E-state index in [2.05, 4.69) is 23.8 Å². The van der Waals surface area contributed by atoms with E-state index in [1.165, 1.54) is 0 Å². The Kier molecular flexibility index (Phi) is 5.85. The van der Waals surface area contributed by atoms with Gasteiger partial charge in [-0.3, -0.25) is 4.90 Å². The predicted molar refractivity (Wildman–Crippen MR) is 82.8 cm³/mol. The third-order valence-corrected chi connectivity index (χ3v) is 3.99. The van der Waals surface area contributed by atoms with Crippen molar-refractivity contribution < 1.29 is 14.6 Å². The maximum absolute atomic E-state index is 10.1. The van der Waals surface area contributed by atoms with Crippen molar-refractivity contribution in [2.75, 3.05) is 47.0 Å². The smallest absolute Gasteiger partial charge is 0.162 e. The SMILES string of the molecule is COc1cccc(CN(C)C[C@H](C)N2CCOCC2)c1O. The van der Waals surface area contributed by atoms with Gasteiger partial charge in [0.1, 0.15) is 0 Å². The molecule has 1 fully saturated rings. The molecule has 0 amide bonds. The molecule has 0 aromatic heterocycles.